The highest BCUT2D eigenvalue weighted by atomic mass is 15.4. The van der Waals surface area contributed by atoms with Gasteiger partial charge in [0.25, 0.3) is 0 Å². The van der Waals surface area contributed by atoms with E-state index in [4.69, 9.17) is 9.98 Å². The number of aliphatic imine (C=N–C) groups is 1. The van der Waals surface area contributed by atoms with Crippen molar-refractivity contribution in [2.45, 2.75) is 58.3 Å². The van der Waals surface area contributed by atoms with Gasteiger partial charge in [0.05, 0.1) is 5.52 Å². The van der Waals surface area contributed by atoms with Gasteiger partial charge in [-0.25, -0.2) is 4.98 Å². The Bertz CT molecular complexity index is 1110. The molecule has 3 aromatic rings. The molecule has 6 nitrogen and oxygen atoms in total. The Kier molecular flexibility index (Phi) is 6.05. The van der Waals surface area contributed by atoms with E-state index in [1.165, 1.54) is 43.4 Å². The molecule has 1 fully saturated rings. The van der Waals surface area contributed by atoms with Crippen molar-refractivity contribution in [2.24, 2.45) is 16.3 Å². The van der Waals surface area contributed by atoms with Crippen molar-refractivity contribution in [1.82, 2.24) is 25.3 Å². The molecule has 2 aromatic heterocycles. The average molecular weight is 431 g/mol. The van der Waals surface area contributed by atoms with Crippen molar-refractivity contribution in [1.29, 1.82) is 0 Å². The maximum absolute atomic E-state index is 5.09. The number of fused-ring (bicyclic) bond motifs is 1. The lowest BCUT2D eigenvalue weighted by Gasteiger charge is -2.30. The zero-order chi connectivity index (χ0) is 22.0. The lowest BCUT2D eigenvalue weighted by atomic mass is 9.76. The summed E-state index contributed by atoms with van der Waals surface area (Å²) in [4.78, 5) is 10.1. The van der Waals surface area contributed by atoms with Crippen LogP contribution in [0.2, 0.25) is 0 Å². The summed E-state index contributed by atoms with van der Waals surface area (Å²) < 4.78 is 1.85. The first-order valence-corrected chi connectivity index (χ1v) is 12.1. The average Bonchev–Trinajstić information content (AvgIpc) is 3.45. The molecule has 0 radical (unpaired) electrons. The molecule has 168 valence electrons. The van der Waals surface area contributed by atoms with Gasteiger partial charge in [-0.05, 0) is 75.8 Å². The predicted octanol–water partition coefficient (Wildman–Crippen LogP) is 4.69. The predicted molar refractivity (Wildman–Crippen MR) is 130 cm³/mol. The van der Waals surface area contributed by atoms with Crippen LogP contribution in [-0.4, -0.2) is 45.8 Å². The maximum atomic E-state index is 5.09. The van der Waals surface area contributed by atoms with Crippen molar-refractivity contribution in [3.63, 3.8) is 0 Å². The normalized spacial score (nSPS) is 21.9. The van der Waals surface area contributed by atoms with Crippen LogP contribution in [0.25, 0.3) is 16.9 Å². The summed E-state index contributed by atoms with van der Waals surface area (Å²) in [6.45, 7) is 4.13. The Morgan fingerprint density at radius 1 is 1.09 bits per heavy atom. The van der Waals surface area contributed by atoms with E-state index in [2.05, 4.69) is 35.7 Å². The molecule has 1 aromatic carbocycles. The van der Waals surface area contributed by atoms with Gasteiger partial charge in [0, 0.05) is 29.9 Å². The fraction of sp³-hybridized carbons (Fsp3) is 0.538. The molecule has 5 rings (SSSR count). The van der Waals surface area contributed by atoms with Crippen molar-refractivity contribution in [3.8, 4) is 5.82 Å². The van der Waals surface area contributed by atoms with Crippen LogP contribution in [0.15, 0.2) is 41.4 Å². The van der Waals surface area contributed by atoms with Crippen molar-refractivity contribution in [3.05, 3.63) is 47.7 Å². The quantitative estimate of drug-likeness (QED) is 0.591. The van der Waals surface area contributed by atoms with E-state index < -0.39 is 0 Å². The minimum Gasteiger partial charge on any atom is -0.319 e. The molecule has 1 aliphatic heterocycles. The summed E-state index contributed by atoms with van der Waals surface area (Å²) in [5.74, 6) is 1.57. The van der Waals surface area contributed by atoms with Crippen LogP contribution in [0.3, 0.4) is 0 Å². The van der Waals surface area contributed by atoms with E-state index >= 15 is 0 Å². The van der Waals surface area contributed by atoms with Gasteiger partial charge in [-0.3, -0.25) is 4.99 Å². The monoisotopic (exact) mass is 430 g/mol. The van der Waals surface area contributed by atoms with E-state index in [0.717, 1.165) is 60.8 Å². The molecule has 1 aliphatic carbocycles. The molecule has 1 saturated carbocycles. The molecule has 1 unspecified atom stereocenters. The molecule has 0 spiro atoms. The molecular formula is C26H34N6. The van der Waals surface area contributed by atoms with Crippen LogP contribution < -0.4 is 5.32 Å². The Hall–Kier alpha value is -2.60. The highest BCUT2D eigenvalue weighted by molar-refractivity contribution is 5.89. The molecule has 3 heterocycles. The van der Waals surface area contributed by atoms with Crippen molar-refractivity contribution < 1.29 is 0 Å². The molecule has 2 aliphatic rings. The first-order valence-electron chi connectivity index (χ1n) is 12.1. The van der Waals surface area contributed by atoms with Crippen LogP contribution in [-0.2, 0) is 6.42 Å². The Morgan fingerprint density at radius 2 is 1.94 bits per heavy atom. The fourth-order valence-electron chi connectivity index (χ4n) is 5.58. The number of aryl methyl sites for hydroxylation is 2. The van der Waals surface area contributed by atoms with Crippen LogP contribution in [0.4, 0.5) is 0 Å². The highest BCUT2D eigenvalue weighted by Crippen LogP contribution is 2.38. The number of aromatic nitrogens is 4. The van der Waals surface area contributed by atoms with E-state index in [1.54, 1.807) is 0 Å². The van der Waals surface area contributed by atoms with Gasteiger partial charge in [-0.1, -0.05) is 42.7 Å². The van der Waals surface area contributed by atoms with Gasteiger partial charge in [-0.2, -0.15) is 4.68 Å². The second kappa shape index (κ2) is 9.10. The summed E-state index contributed by atoms with van der Waals surface area (Å²) in [5.41, 5.74) is 5.98. The summed E-state index contributed by atoms with van der Waals surface area (Å²) in [5, 5.41) is 12.1. The number of hydrogen-bond donors (Lipinski definition) is 1. The van der Waals surface area contributed by atoms with Gasteiger partial charge in [0.2, 0.25) is 0 Å². The van der Waals surface area contributed by atoms with Gasteiger partial charge < -0.3 is 5.32 Å². The molecule has 0 amide bonds. The second-order valence-corrected chi connectivity index (χ2v) is 9.77. The van der Waals surface area contributed by atoms with Gasteiger partial charge in [0.15, 0.2) is 5.82 Å². The lowest BCUT2D eigenvalue weighted by molar-refractivity contribution is 0.290. The summed E-state index contributed by atoms with van der Waals surface area (Å²) in [7, 11) is 2.07. The number of nitrogens with zero attached hydrogens (tertiary/aromatic N) is 5. The largest absolute Gasteiger partial charge is 0.319 e. The zero-order valence-electron chi connectivity index (χ0n) is 19.3. The topological polar surface area (TPSA) is 68.0 Å². The van der Waals surface area contributed by atoms with Crippen molar-refractivity contribution >= 4 is 16.7 Å². The number of para-hydroxylation sites is 1. The van der Waals surface area contributed by atoms with E-state index in [1.807, 2.05) is 35.0 Å². The minimum atomic E-state index is 0.214. The Morgan fingerprint density at radius 3 is 2.78 bits per heavy atom. The third-order valence-corrected chi connectivity index (χ3v) is 7.45. The fourth-order valence-corrected chi connectivity index (χ4v) is 5.58. The third-order valence-electron chi connectivity index (χ3n) is 7.45. The highest BCUT2D eigenvalue weighted by Gasteiger charge is 2.37. The Balaban J connectivity index is 1.34. The summed E-state index contributed by atoms with van der Waals surface area (Å²) in [6.07, 6.45) is 10.0. The first kappa shape index (κ1) is 21.3. The van der Waals surface area contributed by atoms with E-state index in [0.29, 0.717) is 0 Å². The molecule has 6 heteroatoms. The summed E-state index contributed by atoms with van der Waals surface area (Å²) in [6, 6.07) is 12.2. The van der Waals surface area contributed by atoms with E-state index in [9.17, 15) is 0 Å². The number of rotatable bonds is 7. The molecule has 1 atom stereocenters. The second-order valence-electron chi connectivity index (χ2n) is 9.77. The minimum absolute atomic E-state index is 0.214. The van der Waals surface area contributed by atoms with Gasteiger partial charge in [-0.15, -0.1) is 5.10 Å². The molecular weight excluding hydrogens is 396 g/mol. The smallest absolute Gasteiger partial charge is 0.156 e. The maximum Gasteiger partial charge on any atom is 0.156 e. The van der Waals surface area contributed by atoms with Crippen LogP contribution in [0.1, 0.15) is 56.2 Å². The third kappa shape index (κ3) is 4.20. The van der Waals surface area contributed by atoms with E-state index in [-0.39, 0.29) is 5.41 Å². The molecule has 32 heavy (non-hydrogen) atoms. The molecule has 0 saturated heterocycles. The zero-order valence-corrected chi connectivity index (χ0v) is 19.3. The lowest BCUT2D eigenvalue weighted by Crippen LogP contribution is -2.35. The van der Waals surface area contributed by atoms with Gasteiger partial charge >= 0.3 is 0 Å². The molecule has 1 N–H and O–H groups in total. The van der Waals surface area contributed by atoms with Crippen molar-refractivity contribution in [2.75, 3.05) is 20.1 Å². The number of hydrogen-bond acceptors (Lipinski definition) is 5. The van der Waals surface area contributed by atoms with Crippen LogP contribution in [0.5, 0.6) is 0 Å². The van der Waals surface area contributed by atoms with Crippen LogP contribution >= 0.6 is 0 Å². The number of nitrogens with one attached hydrogen (secondary N) is 1. The number of benzene rings is 1. The Labute approximate surface area is 190 Å². The van der Waals surface area contributed by atoms with Crippen LogP contribution in [0, 0.1) is 18.3 Å². The molecule has 0 bridgehead atoms. The summed E-state index contributed by atoms with van der Waals surface area (Å²) >= 11 is 0. The van der Waals surface area contributed by atoms with Gasteiger partial charge in [0.1, 0.15) is 5.52 Å². The SMILES string of the molecule is CNCC1(CCc2nc(-n3nnc4ccccc43)ccc2C)CN=C(C2CCCCC2)C1. The number of pyridine rings is 1. The first-order chi connectivity index (χ1) is 15.7. The standard InChI is InChI=1S/C26H34N6/c1-19-12-13-25(32-24-11-7-6-10-22(24)30-31-32)29-21(19)14-15-26(17-27-2)16-23(28-18-26)20-8-4-3-5-9-20/h6-7,10-13,20,27H,3-5,8-9,14-18H2,1-2H3.